The zero-order valence-corrected chi connectivity index (χ0v) is 48.7. The Hall–Kier alpha value is -2.25. The Morgan fingerprint density at radius 3 is 2.36 bits per heavy atom. The molecule has 2 heterocycles. The Balaban J connectivity index is 1.07. The molecular formula is C65H103N3O12. The molecule has 20 atom stereocenters. The number of hydrogen-bond acceptors (Lipinski definition) is 15. The van der Waals surface area contributed by atoms with Crippen molar-refractivity contribution in [2.75, 3.05) is 19.8 Å². The summed E-state index contributed by atoms with van der Waals surface area (Å²) in [5.41, 5.74) is -1.36. The van der Waals surface area contributed by atoms with Crippen molar-refractivity contribution < 1.29 is 60.2 Å². The normalized spacial score (nSPS) is 46.9. The molecule has 0 bridgehead atoms. The van der Waals surface area contributed by atoms with E-state index in [4.69, 9.17) is 15.2 Å². The average Bonchev–Trinajstić information content (AvgIpc) is 3.96. The summed E-state index contributed by atoms with van der Waals surface area (Å²) in [6.45, 7) is 6.25. The average molecular weight is 1120 g/mol. The van der Waals surface area contributed by atoms with Gasteiger partial charge in [0.2, 0.25) is 0 Å². The van der Waals surface area contributed by atoms with Crippen LogP contribution in [0, 0.1) is 64.1 Å². The fourth-order valence-electron chi connectivity index (χ4n) is 20.6. The third kappa shape index (κ3) is 10.00. The number of carbonyl (C=O) groups is 1. The molecule has 1 saturated heterocycles. The van der Waals surface area contributed by atoms with Crippen LogP contribution in [0.1, 0.15) is 194 Å². The van der Waals surface area contributed by atoms with Gasteiger partial charge in [0, 0.05) is 54.5 Å². The number of carbonyl (C=O) groups excluding carboxylic acids is 1. The van der Waals surface area contributed by atoms with Crippen LogP contribution >= 0.6 is 0 Å². The van der Waals surface area contributed by atoms with Gasteiger partial charge in [0.25, 0.3) is 0 Å². The van der Waals surface area contributed by atoms with E-state index < -0.39 is 99.5 Å². The first-order valence-corrected chi connectivity index (χ1v) is 32.4. The highest BCUT2D eigenvalue weighted by molar-refractivity contribution is 6.00. The van der Waals surface area contributed by atoms with E-state index in [1.807, 2.05) is 24.3 Å². The number of aliphatic hydroxyl groups is 9. The van der Waals surface area contributed by atoms with Crippen LogP contribution < -0.4 is 16.4 Å². The van der Waals surface area contributed by atoms with Crippen molar-refractivity contribution in [2.45, 2.75) is 265 Å². The summed E-state index contributed by atoms with van der Waals surface area (Å²) < 4.78 is 13.7. The van der Waals surface area contributed by atoms with E-state index >= 15 is 9.90 Å². The van der Waals surface area contributed by atoms with Crippen molar-refractivity contribution in [1.29, 1.82) is 0 Å². The van der Waals surface area contributed by atoms with E-state index in [-0.39, 0.29) is 87.5 Å². The summed E-state index contributed by atoms with van der Waals surface area (Å²) >= 11 is 0. The van der Waals surface area contributed by atoms with E-state index in [0.717, 1.165) is 81.9 Å². The summed E-state index contributed by atoms with van der Waals surface area (Å²) in [5, 5.41) is 122. The van der Waals surface area contributed by atoms with Crippen molar-refractivity contribution >= 4 is 5.78 Å². The fourth-order valence-corrected chi connectivity index (χ4v) is 20.6. The number of dihydropyridines is 1. The number of rotatable bonds is 16. The SMILES string of the molecule is CCC[C@@H]1CC[C@H]2[C@H]3[C@@H](O[C@@H]2CC1)[C@@](O)([C@](C)(O)[C@H]1CC[C@@]2(O)C4=C(NC[C@H](C)O)C(=O)[C@@H]5C[C@@H](O)[C@@H](O)C[C@@]56C[C@H](C5=C(CCCO)NC(N)C=C5)C=C[C@@](O)(C[C@]12C1CCC(CCOC2CCCCC2)CC1)[C@@H]46)CCC[C@@H]3O. The van der Waals surface area contributed by atoms with Gasteiger partial charge in [-0.25, -0.2) is 0 Å². The molecule has 0 aromatic rings. The molecule has 7 saturated carbocycles. The number of fused-ring (bicyclic) bond motifs is 5. The van der Waals surface area contributed by atoms with Crippen LogP contribution in [0.5, 0.6) is 0 Å². The molecule has 0 radical (unpaired) electrons. The quantitative estimate of drug-likeness (QED) is 0.0746. The minimum atomic E-state index is -1.95. The number of Topliss-reactive ketones (excluding diaryl/α,β-unsaturated/α-hetero) is 1. The lowest BCUT2D eigenvalue weighted by Gasteiger charge is -2.69. The molecule has 11 aliphatic rings. The molecule has 15 heteroatoms. The maximum atomic E-state index is 16.1. The molecule has 0 amide bonds. The number of hydrogen-bond donors (Lipinski definition) is 12. The van der Waals surface area contributed by atoms with Gasteiger partial charge in [-0.15, -0.1) is 0 Å². The Labute approximate surface area is 476 Å². The first-order chi connectivity index (χ1) is 38.2. The van der Waals surface area contributed by atoms with E-state index in [1.54, 1.807) is 13.8 Å². The first kappa shape index (κ1) is 59.5. The van der Waals surface area contributed by atoms with Gasteiger partial charge in [0.1, 0.15) is 5.60 Å². The van der Waals surface area contributed by atoms with Crippen molar-refractivity contribution in [2.24, 2.45) is 69.8 Å². The third-order valence-corrected chi connectivity index (χ3v) is 24.2. The van der Waals surface area contributed by atoms with E-state index in [0.29, 0.717) is 68.6 Å². The molecule has 0 aromatic carbocycles. The zero-order chi connectivity index (χ0) is 56.6. The highest BCUT2D eigenvalue weighted by Crippen LogP contribution is 2.77. The Bertz CT molecular complexity index is 2340. The van der Waals surface area contributed by atoms with E-state index in [1.165, 1.54) is 19.3 Å². The highest BCUT2D eigenvalue weighted by atomic mass is 16.5. The second-order valence-corrected chi connectivity index (χ2v) is 28.6. The summed E-state index contributed by atoms with van der Waals surface area (Å²) in [4.78, 5) is 16.1. The molecule has 2 aliphatic heterocycles. The van der Waals surface area contributed by atoms with Crippen molar-refractivity contribution in [3.05, 3.63) is 46.8 Å². The monoisotopic (exact) mass is 1120 g/mol. The predicted octanol–water partition coefficient (Wildman–Crippen LogP) is 6.40. The molecule has 8 fully saturated rings. The van der Waals surface area contributed by atoms with Crippen molar-refractivity contribution in [3.8, 4) is 0 Å². The highest BCUT2D eigenvalue weighted by Gasteiger charge is 2.80. The summed E-state index contributed by atoms with van der Waals surface area (Å²) in [7, 11) is 0. The molecule has 0 aromatic heterocycles. The van der Waals surface area contributed by atoms with E-state index in [9.17, 15) is 40.9 Å². The van der Waals surface area contributed by atoms with Gasteiger partial charge >= 0.3 is 0 Å². The van der Waals surface area contributed by atoms with Crippen LogP contribution in [0.3, 0.4) is 0 Å². The van der Waals surface area contributed by atoms with Crippen LogP contribution in [-0.2, 0) is 14.3 Å². The van der Waals surface area contributed by atoms with E-state index in [2.05, 4.69) is 17.6 Å². The third-order valence-electron chi connectivity index (χ3n) is 24.2. The van der Waals surface area contributed by atoms with Gasteiger partial charge in [-0.3, -0.25) is 4.79 Å². The number of allylic oxidation sites excluding steroid dienone is 5. The number of nitrogens with one attached hydrogen (secondary N) is 2. The molecule has 9 aliphatic carbocycles. The Morgan fingerprint density at radius 1 is 0.887 bits per heavy atom. The number of aliphatic hydroxyl groups excluding tert-OH is 5. The second kappa shape index (κ2) is 23.2. The Morgan fingerprint density at radius 2 is 1.62 bits per heavy atom. The van der Waals surface area contributed by atoms with Gasteiger partial charge in [0.15, 0.2) is 5.78 Å². The zero-order valence-electron chi connectivity index (χ0n) is 48.7. The van der Waals surface area contributed by atoms with Crippen LogP contribution in [0.25, 0.3) is 0 Å². The molecule has 1 unspecified atom stereocenters. The molecule has 15 nitrogen and oxygen atoms in total. The van der Waals surface area contributed by atoms with Crippen LogP contribution in [0.15, 0.2) is 46.8 Å². The summed E-state index contributed by atoms with van der Waals surface area (Å²) in [5.74, 6) is -3.21. The number of nitrogens with two attached hydrogens (primary N) is 1. The van der Waals surface area contributed by atoms with Crippen molar-refractivity contribution in [1.82, 2.24) is 10.6 Å². The first-order valence-electron chi connectivity index (χ1n) is 32.4. The van der Waals surface area contributed by atoms with Crippen LogP contribution in [0.4, 0.5) is 0 Å². The lowest BCUT2D eigenvalue weighted by molar-refractivity contribution is -0.276. The maximum absolute atomic E-state index is 16.1. The lowest BCUT2D eigenvalue weighted by atomic mass is 9.37. The topological polar surface area (TPSA) is 268 Å². The summed E-state index contributed by atoms with van der Waals surface area (Å²) in [6.07, 6.45) is 21.0. The van der Waals surface area contributed by atoms with Gasteiger partial charge in [-0.2, -0.15) is 0 Å². The van der Waals surface area contributed by atoms with Gasteiger partial charge in [-0.05, 0) is 188 Å². The molecule has 450 valence electrons. The number of ketones is 1. The molecule has 1 spiro atoms. The fraction of sp³-hybridized carbons (Fsp3) is 0.862. The largest absolute Gasteiger partial charge is 0.396 e. The van der Waals surface area contributed by atoms with Gasteiger partial charge in [0.05, 0.1) is 71.4 Å². The smallest absolute Gasteiger partial charge is 0.182 e. The minimum absolute atomic E-state index is 0.00702. The molecule has 13 N–H and O–H groups in total. The predicted molar refractivity (Wildman–Crippen MR) is 304 cm³/mol. The van der Waals surface area contributed by atoms with Gasteiger partial charge in [-0.1, -0.05) is 76.5 Å². The second-order valence-electron chi connectivity index (χ2n) is 28.6. The van der Waals surface area contributed by atoms with Crippen LogP contribution in [0.2, 0.25) is 0 Å². The maximum Gasteiger partial charge on any atom is 0.182 e. The molecular weight excluding hydrogens is 1010 g/mol. The summed E-state index contributed by atoms with van der Waals surface area (Å²) in [6, 6.07) is 0. The molecule has 80 heavy (non-hydrogen) atoms. The number of ether oxygens (including phenoxy) is 2. The molecule has 11 rings (SSSR count). The van der Waals surface area contributed by atoms with Crippen LogP contribution in [-0.4, -0.2) is 143 Å². The minimum Gasteiger partial charge on any atom is -0.396 e. The lowest BCUT2D eigenvalue weighted by Crippen LogP contribution is -2.74. The van der Waals surface area contributed by atoms with Crippen molar-refractivity contribution in [3.63, 3.8) is 0 Å². The standard InChI is InChI=1S/C65H103N3O12/c1-4-10-39-17-21-45-51(23-18-39)80-59-54(45)48(71)14-8-28-65(59,78)60(3,75)52-26-30-64(77)55-56(67-36-38(2)70)57(74)46-33-49(72)50(73)35-61(46)34-41(44-22-24-53(66)68-47(44)13-9-31-69)25-29-62(76,58(55)61)37-63(52,64)42-19-15-40(16-20-42)27-32-79-43-11-6-5-7-12-43/h22,24-25,29,38-43,45-46,48-54,58-59,67-73,75-78H,4-21,23,26-28,30-37,66H2,1-3H3/t38-,39+,40?,41+,42?,45+,46-,48-,49+,50-,51+,52+,53?,54+,58-,59+,60+,61-,62+,63-,64+,65+/m0/s1. The Kier molecular flexibility index (Phi) is 17.3. The van der Waals surface area contributed by atoms with Gasteiger partial charge < -0.3 is 71.8 Å².